The van der Waals surface area contributed by atoms with Crippen LogP contribution in [0.2, 0.25) is 0 Å². The van der Waals surface area contributed by atoms with E-state index in [9.17, 15) is 9.59 Å². The number of aryl methyl sites for hydroxylation is 1. The van der Waals surface area contributed by atoms with Crippen molar-refractivity contribution < 1.29 is 9.59 Å². The van der Waals surface area contributed by atoms with Crippen LogP contribution in [0.1, 0.15) is 30.0 Å². The second-order valence-electron chi connectivity index (χ2n) is 7.49. The van der Waals surface area contributed by atoms with Gasteiger partial charge in [0, 0.05) is 31.2 Å². The van der Waals surface area contributed by atoms with Crippen LogP contribution in [0.15, 0.2) is 48.5 Å². The Morgan fingerprint density at radius 2 is 1.81 bits per heavy atom. The van der Waals surface area contributed by atoms with E-state index in [2.05, 4.69) is 32.0 Å². The van der Waals surface area contributed by atoms with Gasteiger partial charge in [0.15, 0.2) is 0 Å². The van der Waals surface area contributed by atoms with Gasteiger partial charge in [0.2, 0.25) is 11.8 Å². The first-order chi connectivity index (χ1) is 12.5. The average Bonchev–Trinajstić information content (AvgIpc) is 3.16. The molecule has 2 aromatic rings. The minimum absolute atomic E-state index is 0.0757. The maximum atomic E-state index is 13.2. The zero-order chi connectivity index (χ0) is 18.3. The summed E-state index contributed by atoms with van der Waals surface area (Å²) in [6.07, 6.45) is 1.20. The molecule has 26 heavy (non-hydrogen) atoms. The fourth-order valence-electron chi connectivity index (χ4n) is 4.18. The minimum Gasteiger partial charge on any atom is -0.338 e. The Kier molecular flexibility index (Phi) is 4.27. The molecule has 2 amide bonds. The van der Waals surface area contributed by atoms with Crippen molar-refractivity contribution in [2.24, 2.45) is 5.92 Å². The Balaban J connectivity index is 1.50. The fourth-order valence-corrected chi connectivity index (χ4v) is 4.18. The SMILES string of the molecule is Cc1ccccc1CN1CC(C(=O)N2c3ccccc3CC2C)CC1=O. The topological polar surface area (TPSA) is 40.6 Å². The van der Waals surface area contributed by atoms with Crippen molar-refractivity contribution in [3.8, 4) is 0 Å². The molecule has 0 aromatic heterocycles. The molecule has 0 saturated carbocycles. The predicted octanol–water partition coefficient (Wildman–Crippen LogP) is 3.32. The summed E-state index contributed by atoms with van der Waals surface area (Å²) in [5, 5.41) is 0. The number of para-hydroxylation sites is 1. The van der Waals surface area contributed by atoms with Crippen LogP contribution in [0.3, 0.4) is 0 Å². The summed E-state index contributed by atoms with van der Waals surface area (Å²) < 4.78 is 0. The smallest absolute Gasteiger partial charge is 0.232 e. The van der Waals surface area contributed by atoms with Crippen molar-refractivity contribution in [3.05, 3.63) is 65.2 Å². The van der Waals surface area contributed by atoms with Crippen molar-refractivity contribution in [2.75, 3.05) is 11.4 Å². The van der Waals surface area contributed by atoms with Crippen LogP contribution in [0.4, 0.5) is 5.69 Å². The highest BCUT2D eigenvalue weighted by atomic mass is 16.2. The summed E-state index contributed by atoms with van der Waals surface area (Å²) in [5.41, 5.74) is 4.55. The molecule has 2 unspecified atom stereocenters. The third kappa shape index (κ3) is 2.90. The molecule has 1 fully saturated rings. The van der Waals surface area contributed by atoms with E-state index in [4.69, 9.17) is 0 Å². The number of hydrogen-bond acceptors (Lipinski definition) is 2. The first kappa shape index (κ1) is 16.8. The highest BCUT2D eigenvalue weighted by Crippen LogP contribution is 2.34. The first-order valence-electron chi connectivity index (χ1n) is 9.28. The Labute approximate surface area is 154 Å². The Morgan fingerprint density at radius 3 is 2.62 bits per heavy atom. The maximum absolute atomic E-state index is 13.2. The molecule has 2 aromatic carbocycles. The van der Waals surface area contributed by atoms with Crippen LogP contribution < -0.4 is 4.90 Å². The summed E-state index contributed by atoms with van der Waals surface area (Å²) in [6, 6.07) is 16.3. The number of rotatable bonds is 3. The first-order valence-corrected chi connectivity index (χ1v) is 9.28. The zero-order valence-corrected chi connectivity index (χ0v) is 15.3. The normalized spacial score (nSPS) is 22.0. The lowest BCUT2D eigenvalue weighted by molar-refractivity contribution is -0.129. The molecular weight excluding hydrogens is 324 g/mol. The number of likely N-dealkylation sites (tertiary alicyclic amines) is 1. The van der Waals surface area contributed by atoms with Gasteiger partial charge in [-0.1, -0.05) is 42.5 Å². The van der Waals surface area contributed by atoms with Crippen LogP contribution in [0, 0.1) is 12.8 Å². The van der Waals surface area contributed by atoms with Gasteiger partial charge in [-0.2, -0.15) is 0 Å². The van der Waals surface area contributed by atoms with Crippen molar-refractivity contribution in [1.82, 2.24) is 4.90 Å². The number of hydrogen-bond donors (Lipinski definition) is 0. The number of carbonyl (C=O) groups excluding carboxylic acids is 2. The molecule has 2 aliphatic rings. The molecule has 1 saturated heterocycles. The molecule has 4 rings (SSSR count). The Bertz CT molecular complexity index is 861. The highest BCUT2D eigenvalue weighted by molar-refractivity contribution is 6.01. The van der Waals surface area contributed by atoms with Crippen LogP contribution >= 0.6 is 0 Å². The summed E-state index contributed by atoms with van der Waals surface area (Å²) in [4.78, 5) is 29.4. The molecule has 134 valence electrons. The van der Waals surface area contributed by atoms with Gasteiger partial charge in [-0.25, -0.2) is 0 Å². The highest BCUT2D eigenvalue weighted by Gasteiger charge is 2.40. The molecule has 2 atom stereocenters. The molecule has 0 bridgehead atoms. The van der Waals surface area contributed by atoms with Gasteiger partial charge in [0.25, 0.3) is 0 Å². The van der Waals surface area contributed by atoms with E-state index in [1.807, 2.05) is 40.1 Å². The Hall–Kier alpha value is -2.62. The second-order valence-corrected chi connectivity index (χ2v) is 7.49. The van der Waals surface area contributed by atoms with E-state index < -0.39 is 0 Å². The summed E-state index contributed by atoms with van der Waals surface area (Å²) in [5.74, 6) is -0.0880. The van der Waals surface area contributed by atoms with Crippen LogP contribution in [0.5, 0.6) is 0 Å². The van der Waals surface area contributed by atoms with Gasteiger partial charge in [-0.3, -0.25) is 9.59 Å². The Morgan fingerprint density at radius 1 is 1.08 bits per heavy atom. The van der Waals surface area contributed by atoms with E-state index in [1.165, 1.54) is 11.1 Å². The lowest BCUT2D eigenvalue weighted by Gasteiger charge is -2.26. The van der Waals surface area contributed by atoms with Gasteiger partial charge in [0.05, 0.1) is 5.92 Å². The number of anilines is 1. The lowest BCUT2D eigenvalue weighted by atomic mass is 10.1. The van der Waals surface area contributed by atoms with Crippen LogP contribution in [-0.2, 0) is 22.6 Å². The van der Waals surface area contributed by atoms with Crippen LogP contribution in [0.25, 0.3) is 0 Å². The third-order valence-corrected chi connectivity index (χ3v) is 5.63. The zero-order valence-electron chi connectivity index (χ0n) is 15.3. The number of benzene rings is 2. The summed E-state index contributed by atoms with van der Waals surface area (Å²) >= 11 is 0. The number of fused-ring (bicyclic) bond motifs is 1. The van der Waals surface area contributed by atoms with Gasteiger partial charge < -0.3 is 9.80 Å². The molecule has 2 heterocycles. The molecule has 0 spiro atoms. The lowest BCUT2D eigenvalue weighted by Crippen LogP contribution is -2.41. The molecule has 0 N–H and O–H groups in total. The fraction of sp³-hybridized carbons (Fsp3) is 0.364. The maximum Gasteiger partial charge on any atom is 0.232 e. The number of carbonyl (C=O) groups is 2. The standard InChI is InChI=1S/C22H24N2O2/c1-15-7-3-4-9-18(15)13-23-14-19(12-21(23)25)22(26)24-16(2)11-17-8-5-6-10-20(17)24/h3-10,16,19H,11-14H2,1-2H3. The van der Waals surface area contributed by atoms with E-state index in [-0.39, 0.29) is 23.8 Å². The third-order valence-electron chi connectivity index (χ3n) is 5.63. The molecule has 0 aliphatic carbocycles. The number of nitrogens with zero attached hydrogens (tertiary/aromatic N) is 2. The largest absolute Gasteiger partial charge is 0.338 e. The van der Waals surface area contributed by atoms with E-state index in [0.29, 0.717) is 19.5 Å². The van der Waals surface area contributed by atoms with E-state index >= 15 is 0 Å². The minimum atomic E-state index is -0.250. The van der Waals surface area contributed by atoms with Gasteiger partial charge in [-0.15, -0.1) is 0 Å². The van der Waals surface area contributed by atoms with Gasteiger partial charge >= 0.3 is 0 Å². The molecule has 2 aliphatic heterocycles. The van der Waals surface area contributed by atoms with E-state index in [1.54, 1.807) is 0 Å². The summed E-state index contributed by atoms with van der Waals surface area (Å²) in [7, 11) is 0. The second kappa shape index (κ2) is 6.60. The molecule has 4 heteroatoms. The average molecular weight is 348 g/mol. The van der Waals surface area contributed by atoms with E-state index in [0.717, 1.165) is 17.7 Å². The predicted molar refractivity (Wildman–Crippen MR) is 102 cm³/mol. The van der Waals surface area contributed by atoms with Gasteiger partial charge in [0.1, 0.15) is 0 Å². The monoisotopic (exact) mass is 348 g/mol. The molecular formula is C22H24N2O2. The van der Waals surface area contributed by atoms with Crippen LogP contribution in [-0.4, -0.2) is 29.3 Å². The van der Waals surface area contributed by atoms with Crippen molar-refractivity contribution in [1.29, 1.82) is 0 Å². The number of amides is 2. The molecule has 4 nitrogen and oxygen atoms in total. The summed E-state index contributed by atoms with van der Waals surface area (Å²) in [6.45, 7) is 5.24. The quantitative estimate of drug-likeness (QED) is 0.854. The molecule has 0 radical (unpaired) electrons. The van der Waals surface area contributed by atoms with Crippen molar-refractivity contribution in [2.45, 2.75) is 39.3 Å². The van der Waals surface area contributed by atoms with Crippen molar-refractivity contribution in [3.63, 3.8) is 0 Å². The van der Waals surface area contributed by atoms with Crippen molar-refractivity contribution >= 4 is 17.5 Å². The van der Waals surface area contributed by atoms with Gasteiger partial charge in [-0.05, 0) is 43.0 Å².